The van der Waals surface area contributed by atoms with Gasteiger partial charge < -0.3 is 14.5 Å². The van der Waals surface area contributed by atoms with E-state index in [-0.39, 0.29) is 39.3 Å². The summed E-state index contributed by atoms with van der Waals surface area (Å²) in [6, 6.07) is 11.9. The molecule has 0 amide bonds. The van der Waals surface area contributed by atoms with Crippen molar-refractivity contribution in [2.45, 2.75) is 11.9 Å². The quantitative estimate of drug-likeness (QED) is 0.322. The van der Waals surface area contributed by atoms with Crippen molar-refractivity contribution in [3.8, 4) is 40.6 Å². The molecule has 3 heterocycles. The Labute approximate surface area is 210 Å². The van der Waals surface area contributed by atoms with Crippen LogP contribution in [0.5, 0.6) is 23.0 Å². The lowest BCUT2D eigenvalue weighted by Crippen LogP contribution is -2.05. The minimum Gasteiger partial charge on any atom is -0.456 e. The number of aromatic amines is 1. The van der Waals surface area contributed by atoms with Crippen molar-refractivity contribution >= 4 is 20.9 Å². The van der Waals surface area contributed by atoms with E-state index in [1.807, 2.05) is 6.07 Å². The number of sulfone groups is 1. The number of ether oxygens (including phenoxy) is 2. The predicted octanol–water partition coefficient (Wildman–Crippen LogP) is 4.80. The lowest BCUT2D eigenvalue weighted by atomic mass is 10.2. The van der Waals surface area contributed by atoms with Gasteiger partial charge in [-0.25, -0.2) is 27.8 Å². The lowest BCUT2D eigenvalue weighted by Gasteiger charge is -2.12. The second-order valence-electron chi connectivity index (χ2n) is 7.66. The Kier molecular flexibility index (Phi) is 6.21. The third-order valence-corrected chi connectivity index (χ3v) is 6.91. The number of fused-ring (bicyclic) bond motifs is 1. The molecule has 3 aromatic heterocycles. The number of hydrogen-bond acceptors (Lipinski definition) is 9. The molecule has 0 saturated heterocycles. The van der Waals surface area contributed by atoms with E-state index < -0.39 is 15.7 Å². The van der Waals surface area contributed by atoms with Crippen molar-refractivity contribution in [2.75, 3.05) is 5.75 Å². The maximum Gasteiger partial charge on any atom is 0.195 e. The van der Waals surface area contributed by atoms with Crippen LogP contribution in [0.25, 0.3) is 22.6 Å². The maximum atomic E-state index is 14.6. The van der Waals surface area contributed by atoms with E-state index in [0.29, 0.717) is 22.6 Å². The van der Waals surface area contributed by atoms with E-state index in [1.54, 1.807) is 6.07 Å². The molecule has 12 heteroatoms. The molecule has 5 rings (SSSR count). The van der Waals surface area contributed by atoms with E-state index in [4.69, 9.17) is 9.47 Å². The average molecular weight is 517 g/mol. The van der Waals surface area contributed by atoms with Crippen LogP contribution in [0.3, 0.4) is 0 Å². The molecule has 37 heavy (non-hydrogen) atoms. The van der Waals surface area contributed by atoms with Crippen LogP contribution in [0.15, 0.2) is 72.3 Å². The molecular weight excluding hydrogens is 499 g/mol. The highest BCUT2D eigenvalue weighted by atomic mass is 32.2. The first-order valence-electron chi connectivity index (χ1n) is 10.9. The summed E-state index contributed by atoms with van der Waals surface area (Å²) in [6.45, 7) is 1.53. The van der Waals surface area contributed by atoms with Gasteiger partial charge in [0, 0.05) is 24.5 Å². The molecule has 0 spiro atoms. The third kappa shape index (κ3) is 4.80. The first-order chi connectivity index (χ1) is 17.9. The SMILES string of the molecule is CCS(=O)(=O)c1ccc(Oc2cc(Oc3c(F)cccc3C#N)c3nc(-c4cnccn4)[nH]c3c2)cn1. The zero-order valence-electron chi connectivity index (χ0n) is 19.2. The molecule has 0 saturated carbocycles. The minimum absolute atomic E-state index is 0.000999. The van der Waals surface area contributed by atoms with Crippen LogP contribution < -0.4 is 9.47 Å². The van der Waals surface area contributed by atoms with Crippen LogP contribution in [0.4, 0.5) is 4.39 Å². The van der Waals surface area contributed by atoms with E-state index >= 15 is 0 Å². The molecule has 0 radical (unpaired) electrons. The van der Waals surface area contributed by atoms with E-state index in [9.17, 15) is 18.1 Å². The highest BCUT2D eigenvalue weighted by Crippen LogP contribution is 2.37. The van der Waals surface area contributed by atoms with Crippen molar-refractivity contribution < 1.29 is 22.3 Å². The molecule has 2 aromatic carbocycles. The Balaban J connectivity index is 1.59. The van der Waals surface area contributed by atoms with Gasteiger partial charge in [0.15, 0.2) is 38.0 Å². The summed E-state index contributed by atoms with van der Waals surface area (Å²) in [7, 11) is -3.47. The molecule has 0 aliphatic carbocycles. The molecule has 184 valence electrons. The molecule has 0 bridgehead atoms. The number of nitriles is 1. The largest absolute Gasteiger partial charge is 0.456 e. The third-order valence-electron chi connectivity index (χ3n) is 5.27. The van der Waals surface area contributed by atoms with Crippen LogP contribution in [-0.2, 0) is 9.84 Å². The van der Waals surface area contributed by atoms with Gasteiger partial charge in [-0.15, -0.1) is 0 Å². The molecule has 0 aliphatic heterocycles. The molecule has 0 atom stereocenters. The Morgan fingerprint density at radius 3 is 2.62 bits per heavy atom. The summed E-state index contributed by atoms with van der Waals surface area (Å²) >= 11 is 0. The minimum atomic E-state index is -3.47. The van der Waals surface area contributed by atoms with Gasteiger partial charge in [0.2, 0.25) is 0 Å². The van der Waals surface area contributed by atoms with Gasteiger partial charge in [-0.05, 0) is 24.3 Å². The van der Waals surface area contributed by atoms with Gasteiger partial charge in [0.25, 0.3) is 0 Å². The standard InChI is InChI=1S/C25H17FN6O4S/c1-2-37(33,34)22-7-6-16(13-30-22)35-17-10-19-23(32-25(31-19)20-14-28-8-9-29-20)21(11-17)36-24-15(12-27)4-3-5-18(24)26/h3-11,13-14H,2H2,1H3,(H,31,32). The zero-order chi connectivity index (χ0) is 26.0. The first kappa shape index (κ1) is 23.8. The van der Waals surface area contributed by atoms with Crippen LogP contribution in [-0.4, -0.2) is 39.1 Å². The van der Waals surface area contributed by atoms with Crippen molar-refractivity contribution in [3.63, 3.8) is 0 Å². The number of rotatable bonds is 7. The van der Waals surface area contributed by atoms with Crippen LogP contribution in [0.2, 0.25) is 0 Å². The van der Waals surface area contributed by atoms with Crippen LogP contribution in [0, 0.1) is 17.1 Å². The van der Waals surface area contributed by atoms with Crippen molar-refractivity contribution in [3.05, 3.63) is 78.6 Å². The molecule has 1 N–H and O–H groups in total. The monoisotopic (exact) mass is 516 g/mol. The highest BCUT2D eigenvalue weighted by molar-refractivity contribution is 7.91. The number of para-hydroxylation sites is 1. The van der Waals surface area contributed by atoms with Gasteiger partial charge in [-0.2, -0.15) is 5.26 Å². The first-order valence-corrected chi connectivity index (χ1v) is 12.6. The topological polar surface area (TPSA) is 144 Å². The molecule has 0 fully saturated rings. The summed E-state index contributed by atoms with van der Waals surface area (Å²) in [5.74, 6) is -0.0408. The molecular formula is C25H17FN6O4S. The van der Waals surface area contributed by atoms with Gasteiger partial charge >= 0.3 is 0 Å². The number of H-pyrrole nitrogens is 1. The Bertz CT molecular complexity index is 1750. The highest BCUT2D eigenvalue weighted by Gasteiger charge is 2.19. The fraction of sp³-hybridized carbons (Fsp3) is 0.0800. The zero-order valence-corrected chi connectivity index (χ0v) is 20.0. The number of halogens is 1. The Morgan fingerprint density at radius 1 is 1.05 bits per heavy atom. The van der Waals surface area contributed by atoms with E-state index in [0.717, 1.165) is 0 Å². The normalized spacial score (nSPS) is 11.3. The Morgan fingerprint density at radius 2 is 1.92 bits per heavy atom. The second kappa shape index (κ2) is 9.63. The molecule has 0 unspecified atom stereocenters. The second-order valence-corrected chi connectivity index (χ2v) is 9.89. The number of benzene rings is 2. The average Bonchev–Trinajstić information content (AvgIpc) is 3.35. The van der Waals surface area contributed by atoms with Gasteiger partial charge in [0.1, 0.15) is 28.8 Å². The smallest absolute Gasteiger partial charge is 0.195 e. The number of imidazole rings is 1. The van der Waals surface area contributed by atoms with Crippen molar-refractivity contribution in [2.24, 2.45) is 0 Å². The summed E-state index contributed by atoms with van der Waals surface area (Å²) in [5.41, 5.74) is 1.28. The van der Waals surface area contributed by atoms with E-state index in [2.05, 4.69) is 24.9 Å². The van der Waals surface area contributed by atoms with Crippen LogP contribution in [0.1, 0.15) is 12.5 Å². The van der Waals surface area contributed by atoms with Gasteiger partial charge in [-0.1, -0.05) is 13.0 Å². The number of pyridine rings is 1. The Hall–Kier alpha value is -4.89. The number of nitrogens with one attached hydrogen (secondary N) is 1. The maximum absolute atomic E-state index is 14.6. The van der Waals surface area contributed by atoms with Gasteiger partial charge in [-0.3, -0.25) is 4.98 Å². The van der Waals surface area contributed by atoms with Crippen molar-refractivity contribution in [1.82, 2.24) is 24.9 Å². The summed E-state index contributed by atoms with van der Waals surface area (Å²) in [6.07, 6.45) is 5.86. The van der Waals surface area contributed by atoms with E-state index in [1.165, 1.54) is 68.1 Å². The molecule has 5 aromatic rings. The van der Waals surface area contributed by atoms with Crippen molar-refractivity contribution in [1.29, 1.82) is 5.26 Å². The summed E-state index contributed by atoms with van der Waals surface area (Å²) < 4.78 is 50.4. The van der Waals surface area contributed by atoms with Crippen LogP contribution >= 0.6 is 0 Å². The fourth-order valence-electron chi connectivity index (χ4n) is 3.45. The molecule has 0 aliphatic rings. The number of hydrogen-bond donors (Lipinski definition) is 1. The molecule has 10 nitrogen and oxygen atoms in total. The lowest BCUT2D eigenvalue weighted by molar-refractivity contribution is 0.436. The number of aromatic nitrogens is 5. The predicted molar refractivity (Wildman–Crippen MR) is 130 cm³/mol. The number of nitrogens with zero attached hydrogens (tertiary/aromatic N) is 5. The fourth-order valence-corrected chi connectivity index (χ4v) is 4.23. The summed E-state index contributed by atoms with van der Waals surface area (Å²) in [4.78, 5) is 19.9. The van der Waals surface area contributed by atoms with Gasteiger partial charge in [0.05, 0.1) is 29.2 Å². The summed E-state index contributed by atoms with van der Waals surface area (Å²) in [5, 5.41) is 9.36.